The van der Waals surface area contributed by atoms with E-state index in [1.807, 2.05) is 6.07 Å². The molecule has 1 aliphatic rings. The number of carboxylic acid groups (broad SMARTS) is 1. The minimum atomic E-state index is -0.793. The molecule has 0 spiro atoms. The predicted molar refractivity (Wildman–Crippen MR) is 79.4 cm³/mol. The van der Waals surface area contributed by atoms with Crippen LogP contribution < -0.4 is 0 Å². The molecule has 98 valence electrons. The normalized spacial score (nSPS) is 17.5. The molecule has 0 saturated heterocycles. The number of halogens is 2. The molecule has 1 N–H and O–H groups in total. The zero-order valence-electron chi connectivity index (χ0n) is 9.56. The van der Waals surface area contributed by atoms with Crippen LogP contribution in [0.1, 0.15) is 22.9 Å². The second kappa shape index (κ2) is 4.96. The van der Waals surface area contributed by atoms with Gasteiger partial charge in [0.2, 0.25) is 0 Å². The van der Waals surface area contributed by atoms with Crippen LogP contribution in [0.2, 0.25) is 0 Å². The highest BCUT2D eigenvalue weighted by Crippen LogP contribution is 2.41. The Hall–Kier alpha value is -0.790. The number of aryl methyl sites for hydroxylation is 1. The summed E-state index contributed by atoms with van der Waals surface area (Å²) >= 11 is 8.35. The molecule has 0 radical (unpaired) electrons. The number of fused-ring (bicyclic) bond motifs is 1. The first-order chi connectivity index (χ1) is 9.06. The zero-order chi connectivity index (χ0) is 13.6. The summed E-state index contributed by atoms with van der Waals surface area (Å²) in [5.41, 5.74) is 1.47. The Morgan fingerprint density at radius 3 is 2.95 bits per heavy atom. The molecule has 19 heavy (non-hydrogen) atoms. The van der Waals surface area contributed by atoms with Gasteiger partial charge in [-0.05, 0) is 50.8 Å². The van der Waals surface area contributed by atoms with E-state index in [1.54, 1.807) is 6.20 Å². The van der Waals surface area contributed by atoms with E-state index in [-0.39, 0.29) is 0 Å². The molecular formula is C12H8Br2N2O2S. The van der Waals surface area contributed by atoms with Crippen LogP contribution in [-0.2, 0) is 11.2 Å². The number of rotatable bonds is 2. The standard InChI is InChI=1S/C12H8Br2N2O2S/c13-5-3-7(14)10(15-4-5)11-16-9-6(12(17)18)1-2-8(9)19-11/h3-4,6H,1-2H2,(H,17,18). The summed E-state index contributed by atoms with van der Waals surface area (Å²) in [7, 11) is 0. The van der Waals surface area contributed by atoms with Crippen LogP contribution in [0.4, 0.5) is 0 Å². The molecule has 0 saturated carbocycles. The first-order valence-corrected chi connectivity index (χ1v) is 8.00. The smallest absolute Gasteiger partial charge is 0.312 e. The monoisotopic (exact) mass is 402 g/mol. The molecule has 1 aliphatic carbocycles. The highest BCUT2D eigenvalue weighted by molar-refractivity contribution is 9.11. The number of thiazole rings is 1. The molecule has 7 heteroatoms. The molecule has 0 amide bonds. The van der Waals surface area contributed by atoms with Gasteiger partial charge in [0.25, 0.3) is 0 Å². The van der Waals surface area contributed by atoms with Crippen molar-refractivity contribution in [3.63, 3.8) is 0 Å². The molecule has 2 aromatic heterocycles. The maximum atomic E-state index is 11.2. The first-order valence-electron chi connectivity index (χ1n) is 5.60. The van der Waals surface area contributed by atoms with Crippen molar-refractivity contribution in [1.82, 2.24) is 9.97 Å². The van der Waals surface area contributed by atoms with E-state index in [0.29, 0.717) is 12.1 Å². The fourth-order valence-corrected chi connectivity index (χ4v) is 4.60. The van der Waals surface area contributed by atoms with E-state index in [4.69, 9.17) is 5.11 Å². The van der Waals surface area contributed by atoms with Crippen LogP contribution in [0, 0.1) is 0 Å². The molecule has 2 heterocycles. The van der Waals surface area contributed by atoms with Crippen LogP contribution in [0.5, 0.6) is 0 Å². The second-order valence-corrected chi connectivity index (χ2v) is 7.09. The highest BCUT2D eigenvalue weighted by Gasteiger charge is 2.32. The molecule has 0 aliphatic heterocycles. The van der Waals surface area contributed by atoms with Crippen molar-refractivity contribution in [1.29, 1.82) is 0 Å². The molecule has 1 atom stereocenters. The van der Waals surface area contributed by atoms with Crippen LogP contribution in [0.15, 0.2) is 21.2 Å². The lowest BCUT2D eigenvalue weighted by Gasteiger charge is -2.02. The lowest BCUT2D eigenvalue weighted by atomic mass is 10.1. The fourth-order valence-electron chi connectivity index (χ4n) is 2.14. The summed E-state index contributed by atoms with van der Waals surface area (Å²) in [5, 5.41) is 9.94. The van der Waals surface area contributed by atoms with Crippen molar-refractivity contribution in [3.8, 4) is 10.7 Å². The average Bonchev–Trinajstić information content (AvgIpc) is 2.87. The molecule has 0 bridgehead atoms. The molecule has 0 fully saturated rings. The lowest BCUT2D eigenvalue weighted by molar-refractivity contribution is -0.138. The van der Waals surface area contributed by atoms with Crippen molar-refractivity contribution >= 4 is 49.2 Å². The lowest BCUT2D eigenvalue weighted by Crippen LogP contribution is -2.08. The third kappa shape index (κ3) is 2.34. The SMILES string of the molecule is O=C(O)C1CCc2sc(-c3ncc(Br)cc3Br)nc21. The summed E-state index contributed by atoms with van der Waals surface area (Å²) in [6.45, 7) is 0. The number of hydrogen-bond acceptors (Lipinski definition) is 4. The zero-order valence-corrected chi connectivity index (χ0v) is 13.5. The summed E-state index contributed by atoms with van der Waals surface area (Å²) in [5.74, 6) is -1.26. The van der Waals surface area contributed by atoms with Gasteiger partial charge >= 0.3 is 5.97 Å². The average molecular weight is 404 g/mol. The number of pyridine rings is 1. The van der Waals surface area contributed by atoms with Crippen molar-refractivity contribution < 1.29 is 9.90 Å². The predicted octanol–water partition coefficient (Wildman–Crippen LogP) is 3.84. The number of aromatic nitrogens is 2. The fraction of sp³-hybridized carbons (Fsp3) is 0.250. The first kappa shape index (κ1) is 13.2. The van der Waals surface area contributed by atoms with E-state index in [0.717, 1.165) is 30.9 Å². The van der Waals surface area contributed by atoms with Gasteiger partial charge in [0.15, 0.2) is 0 Å². The molecular weight excluding hydrogens is 396 g/mol. The number of aliphatic carboxylic acids is 1. The maximum absolute atomic E-state index is 11.2. The largest absolute Gasteiger partial charge is 0.481 e. The van der Waals surface area contributed by atoms with Crippen LogP contribution in [0.3, 0.4) is 0 Å². The third-order valence-corrected chi connectivity index (χ3v) is 5.20. The Bertz CT molecular complexity index is 672. The van der Waals surface area contributed by atoms with E-state index in [1.165, 1.54) is 11.3 Å². The quantitative estimate of drug-likeness (QED) is 0.827. The summed E-state index contributed by atoms with van der Waals surface area (Å²) < 4.78 is 1.73. The molecule has 3 rings (SSSR count). The number of carbonyl (C=O) groups is 1. The van der Waals surface area contributed by atoms with Gasteiger partial charge in [-0.2, -0.15) is 0 Å². The Kier molecular flexibility index (Phi) is 3.44. The van der Waals surface area contributed by atoms with E-state index in [9.17, 15) is 4.79 Å². The summed E-state index contributed by atoms with van der Waals surface area (Å²) in [6.07, 6.45) is 3.15. The second-order valence-electron chi connectivity index (χ2n) is 4.24. The summed E-state index contributed by atoms with van der Waals surface area (Å²) in [4.78, 5) is 21.0. The molecule has 4 nitrogen and oxygen atoms in total. The number of nitrogens with zero attached hydrogens (tertiary/aromatic N) is 2. The van der Waals surface area contributed by atoms with Gasteiger partial charge in [-0.25, -0.2) is 4.98 Å². The highest BCUT2D eigenvalue weighted by atomic mass is 79.9. The van der Waals surface area contributed by atoms with E-state index in [2.05, 4.69) is 41.8 Å². The van der Waals surface area contributed by atoms with Gasteiger partial charge in [0, 0.05) is 20.0 Å². The van der Waals surface area contributed by atoms with Crippen molar-refractivity contribution in [3.05, 3.63) is 31.8 Å². The Balaban J connectivity index is 2.04. The van der Waals surface area contributed by atoms with Crippen molar-refractivity contribution in [2.24, 2.45) is 0 Å². The number of hydrogen-bond donors (Lipinski definition) is 1. The van der Waals surface area contributed by atoms with Crippen molar-refractivity contribution in [2.75, 3.05) is 0 Å². The van der Waals surface area contributed by atoms with E-state index < -0.39 is 11.9 Å². The number of carboxylic acids is 1. The van der Waals surface area contributed by atoms with Gasteiger partial charge in [-0.15, -0.1) is 11.3 Å². The minimum absolute atomic E-state index is 0.464. The molecule has 2 aromatic rings. The van der Waals surface area contributed by atoms with E-state index >= 15 is 0 Å². The van der Waals surface area contributed by atoms with Crippen LogP contribution in [-0.4, -0.2) is 21.0 Å². The third-order valence-electron chi connectivity index (χ3n) is 3.03. The molecule has 1 unspecified atom stereocenters. The van der Waals surface area contributed by atoms with Crippen LogP contribution in [0.25, 0.3) is 10.7 Å². The minimum Gasteiger partial charge on any atom is -0.481 e. The van der Waals surface area contributed by atoms with Crippen molar-refractivity contribution in [2.45, 2.75) is 18.8 Å². The van der Waals surface area contributed by atoms with Gasteiger partial charge in [0.05, 0.1) is 5.69 Å². The van der Waals surface area contributed by atoms with Gasteiger partial charge in [-0.3, -0.25) is 9.78 Å². The maximum Gasteiger partial charge on any atom is 0.312 e. The Labute approximate surface area is 130 Å². The van der Waals surface area contributed by atoms with Crippen LogP contribution >= 0.6 is 43.2 Å². The van der Waals surface area contributed by atoms with Gasteiger partial charge in [-0.1, -0.05) is 0 Å². The summed E-state index contributed by atoms with van der Waals surface area (Å²) in [6, 6.07) is 1.91. The topological polar surface area (TPSA) is 63.1 Å². The van der Waals surface area contributed by atoms with Gasteiger partial charge in [0.1, 0.15) is 16.6 Å². The molecule has 0 aromatic carbocycles. The van der Waals surface area contributed by atoms with Gasteiger partial charge < -0.3 is 5.11 Å². The Morgan fingerprint density at radius 1 is 1.47 bits per heavy atom. The Morgan fingerprint density at radius 2 is 2.26 bits per heavy atom.